The van der Waals surface area contributed by atoms with Crippen molar-refractivity contribution in [3.8, 4) is 5.75 Å². The predicted molar refractivity (Wildman–Crippen MR) is 67.3 cm³/mol. The van der Waals surface area contributed by atoms with Gasteiger partial charge in [-0.05, 0) is 0 Å². The first-order valence-electron chi connectivity index (χ1n) is 6.25. The van der Waals surface area contributed by atoms with E-state index in [1.807, 2.05) is 0 Å². The van der Waals surface area contributed by atoms with E-state index in [4.69, 9.17) is 15.2 Å². The van der Waals surface area contributed by atoms with Crippen molar-refractivity contribution in [3.05, 3.63) is 29.6 Å². The van der Waals surface area contributed by atoms with Crippen LogP contribution in [0.15, 0.2) is 12.1 Å². The molecule has 0 aliphatic carbocycles. The van der Waals surface area contributed by atoms with Gasteiger partial charge in [0.05, 0.1) is 32.8 Å². The van der Waals surface area contributed by atoms with Crippen LogP contribution in [0.2, 0.25) is 0 Å². The number of esters is 1. The molecule has 21 heavy (non-hydrogen) atoms. The molecule has 0 bridgehead atoms. The Labute approximate surface area is 119 Å². The number of rotatable bonds is 9. The van der Waals surface area contributed by atoms with Crippen molar-refractivity contribution in [3.63, 3.8) is 0 Å². The number of carbonyl (C=O) groups is 1. The van der Waals surface area contributed by atoms with Gasteiger partial charge in [-0.1, -0.05) is 0 Å². The van der Waals surface area contributed by atoms with Gasteiger partial charge in [0.25, 0.3) is 0 Å². The number of halogens is 3. The SMILES string of the molecule is NCCOCCOCCC(=O)Oc1c(F)cc(F)cc1F. The molecule has 8 heteroatoms. The molecular formula is C13H16F3NO4. The van der Waals surface area contributed by atoms with Crippen molar-refractivity contribution in [1.82, 2.24) is 0 Å². The van der Waals surface area contributed by atoms with Crippen molar-refractivity contribution in [2.45, 2.75) is 6.42 Å². The Morgan fingerprint density at radius 1 is 1.00 bits per heavy atom. The number of benzene rings is 1. The molecule has 0 aromatic heterocycles. The van der Waals surface area contributed by atoms with E-state index in [1.54, 1.807) is 0 Å². The maximum absolute atomic E-state index is 13.2. The Morgan fingerprint density at radius 3 is 2.14 bits per heavy atom. The highest BCUT2D eigenvalue weighted by molar-refractivity contribution is 5.72. The summed E-state index contributed by atoms with van der Waals surface area (Å²) in [5, 5.41) is 0. The van der Waals surface area contributed by atoms with E-state index in [2.05, 4.69) is 4.74 Å². The van der Waals surface area contributed by atoms with Crippen LogP contribution < -0.4 is 10.5 Å². The van der Waals surface area contributed by atoms with E-state index in [1.165, 1.54) is 0 Å². The first-order valence-corrected chi connectivity index (χ1v) is 6.25. The van der Waals surface area contributed by atoms with Crippen molar-refractivity contribution in [1.29, 1.82) is 0 Å². The number of hydrogen-bond donors (Lipinski definition) is 1. The Hall–Kier alpha value is -1.64. The third-order valence-electron chi connectivity index (χ3n) is 2.26. The topological polar surface area (TPSA) is 70.8 Å². The molecule has 0 spiro atoms. The molecule has 0 saturated heterocycles. The van der Waals surface area contributed by atoms with Crippen LogP contribution in [-0.4, -0.2) is 38.9 Å². The third-order valence-corrected chi connectivity index (χ3v) is 2.26. The standard InChI is InChI=1S/C13H16F3NO4/c14-9-7-10(15)13(11(16)8-9)21-12(18)1-3-19-5-6-20-4-2-17/h7-8H,1-6,17H2. The molecule has 0 saturated carbocycles. The van der Waals surface area contributed by atoms with Crippen LogP contribution in [0.4, 0.5) is 13.2 Å². The Balaban J connectivity index is 2.28. The second kappa shape index (κ2) is 9.32. The second-order valence-corrected chi connectivity index (χ2v) is 3.94. The van der Waals surface area contributed by atoms with E-state index in [0.29, 0.717) is 31.9 Å². The highest BCUT2D eigenvalue weighted by Gasteiger charge is 2.16. The fraction of sp³-hybridized carbons (Fsp3) is 0.462. The fourth-order valence-corrected chi connectivity index (χ4v) is 1.35. The molecule has 5 nitrogen and oxygen atoms in total. The molecule has 0 heterocycles. The minimum atomic E-state index is -1.28. The monoisotopic (exact) mass is 307 g/mol. The maximum atomic E-state index is 13.2. The predicted octanol–water partition coefficient (Wildman–Crippen LogP) is 1.39. The molecule has 1 rings (SSSR count). The van der Waals surface area contributed by atoms with Crippen LogP contribution >= 0.6 is 0 Å². The molecule has 1 aromatic rings. The van der Waals surface area contributed by atoms with Gasteiger partial charge in [-0.25, -0.2) is 13.2 Å². The molecular weight excluding hydrogens is 291 g/mol. The van der Waals surface area contributed by atoms with Gasteiger partial charge in [-0.3, -0.25) is 4.79 Å². The molecule has 0 aliphatic heterocycles. The van der Waals surface area contributed by atoms with Crippen molar-refractivity contribution >= 4 is 5.97 Å². The lowest BCUT2D eigenvalue weighted by molar-refractivity contribution is -0.136. The Morgan fingerprint density at radius 2 is 1.57 bits per heavy atom. The van der Waals surface area contributed by atoms with E-state index in [0.717, 1.165) is 0 Å². The summed E-state index contributed by atoms with van der Waals surface area (Å²) in [5.41, 5.74) is 5.20. The summed E-state index contributed by atoms with van der Waals surface area (Å²) in [6, 6.07) is 0.855. The molecule has 0 fully saturated rings. The summed E-state index contributed by atoms with van der Waals surface area (Å²) in [6.45, 7) is 1.41. The Kier molecular flexibility index (Phi) is 7.73. The largest absolute Gasteiger partial charge is 0.420 e. The van der Waals surface area contributed by atoms with Crippen LogP contribution in [0.25, 0.3) is 0 Å². The molecule has 0 aliphatic rings. The summed E-state index contributed by atoms with van der Waals surface area (Å²) in [5.74, 6) is -5.46. The smallest absolute Gasteiger partial charge is 0.313 e. The molecule has 0 unspecified atom stereocenters. The van der Waals surface area contributed by atoms with Crippen LogP contribution in [0.1, 0.15) is 6.42 Å². The van der Waals surface area contributed by atoms with Gasteiger partial charge in [0.1, 0.15) is 5.82 Å². The first kappa shape index (κ1) is 17.4. The normalized spacial score (nSPS) is 10.7. The minimum absolute atomic E-state index is 0.00918. The highest BCUT2D eigenvalue weighted by atomic mass is 19.1. The van der Waals surface area contributed by atoms with E-state index in [-0.39, 0.29) is 19.6 Å². The quantitative estimate of drug-likeness (QED) is 0.424. The van der Waals surface area contributed by atoms with Crippen LogP contribution in [0.3, 0.4) is 0 Å². The Bertz CT molecular complexity index is 448. The lowest BCUT2D eigenvalue weighted by Gasteiger charge is -2.07. The zero-order valence-electron chi connectivity index (χ0n) is 11.2. The number of hydrogen-bond acceptors (Lipinski definition) is 5. The molecule has 2 N–H and O–H groups in total. The third kappa shape index (κ3) is 6.56. The zero-order chi connectivity index (χ0) is 15.7. The number of carbonyl (C=O) groups excluding carboxylic acids is 1. The maximum Gasteiger partial charge on any atom is 0.313 e. The van der Waals surface area contributed by atoms with Crippen molar-refractivity contribution in [2.24, 2.45) is 5.73 Å². The summed E-state index contributed by atoms with van der Waals surface area (Å²) in [4.78, 5) is 11.4. The number of ether oxygens (including phenoxy) is 3. The first-order chi connectivity index (χ1) is 10.0. The van der Waals surface area contributed by atoms with Gasteiger partial charge in [0.2, 0.25) is 5.75 Å². The number of nitrogens with two attached hydrogens (primary N) is 1. The van der Waals surface area contributed by atoms with Gasteiger partial charge in [0, 0.05) is 18.7 Å². The van der Waals surface area contributed by atoms with Gasteiger partial charge in [0.15, 0.2) is 11.6 Å². The van der Waals surface area contributed by atoms with Crippen LogP contribution in [-0.2, 0) is 14.3 Å². The van der Waals surface area contributed by atoms with Gasteiger partial charge in [-0.2, -0.15) is 0 Å². The molecule has 0 atom stereocenters. The second-order valence-electron chi connectivity index (χ2n) is 3.94. The lowest BCUT2D eigenvalue weighted by atomic mass is 10.3. The zero-order valence-corrected chi connectivity index (χ0v) is 11.2. The van der Waals surface area contributed by atoms with Gasteiger partial charge in [-0.15, -0.1) is 0 Å². The van der Waals surface area contributed by atoms with Gasteiger partial charge >= 0.3 is 5.97 Å². The van der Waals surface area contributed by atoms with Crippen LogP contribution in [0, 0.1) is 17.5 Å². The molecule has 0 amide bonds. The molecule has 0 radical (unpaired) electrons. The summed E-state index contributed by atoms with van der Waals surface area (Å²) in [6.07, 6.45) is -0.201. The summed E-state index contributed by atoms with van der Waals surface area (Å²) < 4.78 is 53.7. The summed E-state index contributed by atoms with van der Waals surface area (Å²) >= 11 is 0. The van der Waals surface area contributed by atoms with E-state index < -0.39 is 29.2 Å². The van der Waals surface area contributed by atoms with E-state index in [9.17, 15) is 18.0 Å². The molecule has 1 aromatic carbocycles. The fourth-order valence-electron chi connectivity index (χ4n) is 1.35. The minimum Gasteiger partial charge on any atom is -0.420 e. The van der Waals surface area contributed by atoms with Crippen molar-refractivity contribution < 1.29 is 32.2 Å². The highest BCUT2D eigenvalue weighted by Crippen LogP contribution is 2.23. The van der Waals surface area contributed by atoms with Gasteiger partial charge < -0.3 is 19.9 Å². The summed E-state index contributed by atoms with van der Waals surface area (Å²) in [7, 11) is 0. The average molecular weight is 307 g/mol. The van der Waals surface area contributed by atoms with Crippen molar-refractivity contribution in [2.75, 3.05) is 33.0 Å². The molecule has 118 valence electrons. The van der Waals surface area contributed by atoms with Crippen LogP contribution in [0.5, 0.6) is 5.75 Å². The van der Waals surface area contributed by atoms with E-state index >= 15 is 0 Å². The lowest BCUT2D eigenvalue weighted by Crippen LogP contribution is -2.15. The average Bonchev–Trinajstić information content (AvgIpc) is 2.42.